The highest BCUT2D eigenvalue weighted by molar-refractivity contribution is 9.10. The zero-order valence-corrected chi connectivity index (χ0v) is 11.3. The van der Waals surface area contributed by atoms with Crippen LogP contribution in [0.4, 0.5) is 0 Å². The number of fused-ring (bicyclic) bond motifs is 1. The Morgan fingerprint density at radius 3 is 2.94 bits per heavy atom. The van der Waals surface area contributed by atoms with Gasteiger partial charge in [0, 0.05) is 11.0 Å². The third-order valence-corrected chi connectivity index (χ3v) is 4.22. The average molecular weight is 297 g/mol. The molecule has 84 valence electrons. The lowest BCUT2D eigenvalue weighted by Gasteiger charge is -2.25. The van der Waals surface area contributed by atoms with Crippen LogP contribution in [-0.4, -0.2) is 9.55 Å². The molecule has 1 aromatic carbocycles. The van der Waals surface area contributed by atoms with Gasteiger partial charge < -0.3 is 9.55 Å². The van der Waals surface area contributed by atoms with E-state index in [9.17, 15) is 0 Å². The Morgan fingerprint density at radius 1 is 1.44 bits per heavy atom. The summed E-state index contributed by atoms with van der Waals surface area (Å²) >= 11 is 8.86. The van der Waals surface area contributed by atoms with E-state index in [-0.39, 0.29) is 0 Å². The fourth-order valence-corrected chi connectivity index (χ4v) is 2.89. The number of imidazole rings is 1. The van der Waals surface area contributed by atoms with Gasteiger partial charge >= 0.3 is 0 Å². The zero-order chi connectivity index (χ0) is 11.1. The molecular weight excluding hydrogens is 284 g/mol. The lowest BCUT2D eigenvalue weighted by molar-refractivity contribution is 0.278. The third kappa shape index (κ3) is 1.74. The van der Waals surface area contributed by atoms with Crippen molar-refractivity contribution in [3.63, 3.8) is 0 Å². The number of rotatable bonds is 2. The van der Waals surface area contributed by atoms with Gasteiger partial charge in [0.25, 0.3) is 0 Å². The summed E-state index contributed by atoms with van der Waals surface area (Å²) in [5.41, 5.74) is 2.35. The van der Waals surface area contributed by atoms with Gasteiger partial charge in [-0.1, -0.05) is 22.4 Å². The maximum absolute atomic E-state index is 5.38. The number of H-pyrrole nitrogens is 1. The number of hydrogen-bond acceptors (Lipinski definition) is 1. The fourth-order valence-electron chi connectivity index (χ4n) is 2.25. The van der Waals surface area contributed by atoms with Crippen molar-refractivity contribution < 1.29 is 0 Å². The largest absolute Gasteiger partial charge is 0.331 e. The molecule has 1 aromatic heterocycles. The van der Waals surface area contributed by atoms with Crippen LogP contribution in [-0.2, 0) is 6.54 Å². The minimum absolute atomic E-state index is 0.828. The predicted molar refractivity (Wildman–Crippen MR) is 72.2 cm³/mol. The molecule has 0 saturated heterocycles. The Kier molecular flexibility index (Phi) is 2.64. The summed E-state index contributed by atoms with van der Waals surface area (Å²) in [6, 6.07) is 6.29. The Bertz CT molecular complexity index is 580. The molecule has 0 bridgehead atoms. The van der Waals surface area contributed by atoms with Gasteiger partial charge in [0.05, 0.1) is 11.0 Å². The molecule has 16 heavy (non-hydrogen) atoms. The zero-order valence-electron chi connectivity index (χ0n) is 8.87. The van der Waals surface area contributed by atoms with Crippen LogP contribution in [0, 0.1) is 10.7 Å². The molecule has 0 spiro atoms. The molecule has 0 amide bonds. The lowest BCUT2D eigenvalue weighted by Crippen LogP contribution is -2.17. The summed E-state index contributed by atoms with van der Waals surface area (Å²) in [6.45, 7) is 1.07. The van der Waals surface area contributed by atoms with Crippen molar-refractivity contribution >= 4 is 39.2 Å². The smallest absolute Gasteiger partial charge is 0.178 e. The second-order valence-electron chi connectivity index (χ2n) is 4.50. The summed E-state index contributed by atoms with van der Waals surface area (Å²) in [6.07, 6.45) is 4.09. The van der Waals surface area contributed by atoms with Crippen molar-refractivity contribution in [1.82, 2.24) is 9.55 Å². The van der Waals surface area contributed by atoms with Gasteiger partial charge in [-0.05, 0) is 49.2 Å². The molecule has 1 fully saturated rings. The Balaban J connectivity index is 2.08. The van der Waals surface area contributed by atoms with E-state index < -0.39 is 0 Å². The van der Waals surface area contributed by atoms with Gasteiger partial charge in [-0.2, -0.15) is 0 Å². The number of aromatic amines is 1. The van der Waals surface area contributed by atoms with Gasteiger partial charge in [0.2, 0.25) is 0 Å². The highest BCUT2D eigenvalue weighted by atomic mass is 79.9. The van der Waals surface area contributed by atoms with Gasteiger partial charge in [-0.3, -0.25) is 0 Å². The summed E-state index contributed by atoms with van der Waals surface area (Å²) in [5, 5.41) is 0. The number of hydrogen-bond donors (Lipinski definition) is 1. The molecule has 3 rings (SSSR count). The molecular formula is C12H13BrN2S. The molecule has 1 aliphatic rings. The second-order valence-corrected chi connectivity index (χ2v) is 5.80. The summed E-state index contributed by atoms with van der Waals surface area (Å²) < 4.78 is 4.17. The molecule has 0 aliphatic heterocycles. The lowest BCUT2D eigenvalue weighted by atomic mass is 9.85. The van der Waals surface area contributed by atoms with Crippen molar-refractivity contribution in [1.29, 1.82) is 0 Å². The normalized spacial score (nSPS) is 16.6. The maximum Gasteiger partial charge on any atom is 0.178 e. The van der Waals surface area contributed by atoms with Crippen LogP contribution in [0.5, 0.6) is 0 Å². The number of nitrogens with one attached hydrogen (secondary N) is 1. The van der Waals surface area contributed by atoms with Crippen LogP contribution >= 0.6 is 28.1 Å². The standard InChI is InChI=1S/C12H13BrN2S/c13-9-4-5-11-10(6-9)14-12(16)15(11)7-8-2-1-3-8/h4-6,8H,1-3,7H2,(H,14,16). The maximum atomic E-state index is 5.38. The third-order valence-electron chi connectivity index (χ3n) is 3.40. The van der Waals surface area contributed by atoms with E-state index in [0.717, 1.165) is 27.2 Å². The predicted octanol–water partition coefficient (Wildman–Crippen LogP) is 4.26. The molecule has 0 unspecified atom stereocenters. The van der Waals surface area contributed by atoms with E-state index in [2.05, 4.69) is 43.7 Å². The SMILES string of the molecule is S=c1[nH]c2cc(Br)ccc2n1CC1CCC1. The van der Waals surface area contributed by atoms with Crippen molar-refractivity contribution in [2.24, 2.45) is 5.92 Å². The first-order chi connectivity index (χ1) is 7.74. The Labute approximate surface area is 108 Å². The van der Waals surface area contributed by atoms with Crippen LogP contribution in [0.2, 0.25) is 0 Å². The Morgan fingerprint density at radius 2 is 2.25 bits per heavy atom. The Hall–Kier alpha value is -0.610. The van der Waals surface area contributed by atoms with E-state index in [1.54, 1.807) is 0 Å². The molecule has 1 N–H and O–H groups in total. The monoisotopic (exact) mass is 296 g/mol. The molecule has 0 atom stereocenters. The van der Waals surface area contributed by atoms with Gasteiger partial charge in [-0.25, -0.2) is 0 Å². The summed E-state index contributed by atoms with van der Waals surface area (Å²) in [5.74, 6) is 0.828. The molecule has 1 aliphatic carbocycles. The van der Waals surface area contributed by atoms with Gasteiger partial charge in [-0.15, -0.1) is 0 Å². The second kappa shape index (κ2) is 4.00. The molecule has 2 nitrogen and oxygen atoms in total. The fraction of sp³-hybridized carbons (Fsp3) is 0.417. The average Bonchev–Trinajstić information content (AvgIpc) is 2.47. The van der Waals surface area contributed by atoms with E-state index in [4.69, 9.17) is 12.2 Å². The molecule has 1 heterocycles. The molecule has 1 saturated carbocycles. The van der Waals surface area contributed by atoms with Gasteiger partial charge in [0.1, 0.15) is 0 Å². The minimum atomic E-state index is 0.828. The topological polar surface area (TPSA) is 20.7 Å². The van der Waals surface area contributed by atoms with Gasteiger partial charge in [0.15, 0.2) is 4.77 Å². The number of nitrogens with zero attached hydrogens (tertiary/aromatic N) is 1. The van der Waals surface area contributed by atoms with Crippen molar-refractivity contribution in [2.75, 3.05) is 0 Å². The van der Waals surface area contributed by atoms with E-state index in [1.807, 2.05) is 0 Å². The van der Waals surface area contributed by atoms with E-state index >= 15 is 0 Å². The minimum Gasteiger partial charge on any atom is -0.331 e. The summed E-state index contributed by atoms with van der Waals surface area (Å²) in [7, 11) is 0. The first-order valence-electron chi connectivity index (χ1n) is 5.62. The number of benzene rings is 1. The molecule has 0 radical (unpaired) electrons. The highest BCUT2D eigenvalue weighted by Gasteiger charge is 2.19. The summed E-state index contributed by atoms with van der Waals surface area (Å²) in [4.78, 5) is 3.27. The quantitative estimate of drug-likeness (QED) is 0.821. The van der Waals surface area contributed by atoms with Crippen molar-refractivity contribution in [3.8, 4) is 0 Å². The number of aromatic nitrogens is 2. The molecule has 2 aromatic rings. The van der Waals surface area contributed by atoms with E-state index in [0.29, 0.717) is 0 Å². The van der Waals surface area contributed by atoms with Crippen molar-refractivity contribution in [2.45, 2.75) is 25.8 Å². The van der Waals surface area contributed by atoms with Crippen LogP contribution in [0.1, 0.15) is 19.3 Å². The molecule has 4 heteroatoms. The highest BCUT2D eigenvalue weighted by Crippen LogP contribution is 2.29. The van der Waals surface area contributed by atoms with Crippen molar-refractivity contribution in [3.05, 3.63) is 27.4 Å². The van der Waals surface area contributed by atoms with E-state index in [1.165, 1.54) is 24.8 Å². The number of halogens is 1. The first kappa shape index (κ1) is 10.5. The van der Waals surface area contributed by atoms with Crippen LogP contribution in [0.15, 0.2) is 22.7 Å². The van der Waals surface area contributed by atoms with Crippen LogP contribution in [0.25, 0.3) is 11.0 Å². The first-order valence-corrected chi connectivity index (χ1v) is 6.82. The van der Waals surface area contributed by atoms with Crippen LogP contribution in [0.3, 0.4) is 0 Å². The van der Waals surface area contributed by atoms with Crippen LogP contribution < -0.4 is 0 Å².